The molecule has 240 valence electrons. The predicted octanol–water partition coefficient (Wildman–Crippen LogP) is 7.10. The van der Waals surface area contributed by atoms with Gasteiger partial charge >= 0.3 is 18.1 Å². The first kappa shape index (κ1) is 30.3. The number of ether oxygens (including phenoxy) is 2. The van der Waals surface area contributed by atoms with Crippen molar-refractivity contribution in [1.82, 2.24) is 9.80 Å². The number of piperidine rings is 1. The highest BCUT2D eigenvalue weighted by Crippen LogP contribution is 2.34. The number of hydrogen-bond acceptors (Lipinski definition) is 5. The zero-order valence-electron chi connectivity index (χ0n) is 26.4. The number of nitrogens with zero attached hydrogens (tertiary/aromatic N) is 3. The van der Waals surface area contributed by atoms with Gasteiger partial charge in [0.1, 0.15) is 12.4 Å². The normalized spacial score (nSPS) is 21.7. The molecule has 3 aromatic carbocycles. The lowest BCUT2D eigenvalue weighted by atomic mass is 9.85. The standard InChI is InChI=1S/C38H43N3O5/c42-36(46-35-18-13-28-7-4-8-32(28)25-35)31-11-16-34(17-12-31)41-24-23-40(37(41)43)33-14-9-29(10-15-33)30-19-21-39(22-20-30)38(44)45-26-27-5-2-1-3-6-27/h1-3,5-6,9-10,13-15,18,25,30-31,34H,4,7-8,11-12,16-17,19-24,26H2. The Morgan fingerprint density at radius 1 is 0.761 bits per heavy atom. The van der Waals surface area contributed by atoms with Gasteiger partial charge in [-0.05, 0) is 110 Å². The van der Waals surface area contributed by atoms with Crippen LogP contribution < -0.4 is 9.64 Å². The minimum absolute atomic E-state index is 0.0549. The van der Waals surface area contributed by atoms with Crippen molar-refractivity contribution in [3.05, 3.63) is 95.1 Å². The van der Waals surface area contributed by atoms with Gasteiger partial charge < -0.3 is 19.3 Å². The summed E-state index contributed by atoms with van der Waals surface area (Å²) in [4.78, 5) is 44.7. The average Bonchev–Trinajstić information content (AvgIpc) is 3.74. The minimum Gasteiger partial charge on any atom is -0.445 e. The van der Waals surface area contributed by atoms with E-state index < -0.39 is 0 Å². The van der Waals surface area contributed by atoms with Gasteiger partial charge in [0.15, 0.2) is 0 Å². The lowest BCUT2D eigenvalue weighted by Gasteiger charge is -2.33. The molecule has 2 aliphatic heterocycles. The Morgan fingerprint density at radius 3 is 2.26 bits per heavy atom. The Kier molecular flexibility index (Phi) is 8.95. The molecule has 8 heteroatoms. The fourth-order valence-corrected chi connectivity index (χ4v) is 7.70. The van der Waals surface area contributed by atoms with Gasteiger partial charge in [-0.3, -0.25) is 9.69 Å². The fraction of sp³-hybridized carbons (Fsp3) is 0.447. The van der Waals surface area contributed by atoms with Crippen molar-refractivity contribution < 1.29 is 23.9 Å². The predicted molar refractivity (Wildman–Crippen MR) is 176 cm³/mol. The van der Waals surface area contributed by atoms with Crippen LogP contribution in [0.25, 0.3) is 0 Å². The number of amides is 3. The molecule has 7 rings (SSSR count). The Morgan fingerprint density at radius 2 is 1.50 bits per heavy atom. The summed E-state index contributed by atoms with van der Waals surface area (Å²) in [5, 5.41) is 0. The van der Waals surface area contributed by atoms with Gasteiger partial charge in [0, 0.05) is 37.9 Å². The summed E-state index contributed by atoms with van der Waals surface area (Å²) in [7, 11) is 0. The van der Waals surface area contributed by atoms with Crippen LogP contribution in [-0.2, 0) is 29.0 Å². The van der Waals surface area contributed by atoms with Crippen molar-refractivity contribution >= 4 is 23.8 Å². The molecule has 2 saturated heterocycles. The van der Waals surface area contributed by atoms with Crippen LogP contribution in [0.15, 0.2) is 72.8 Å². The molecular formula is C38H43N3O5. The van der Waals surface area contributed by atoms with Gasteiger partial charge in [-0.1, -0.05) is 48.5 Å². The third kappa shape index (κ3) is 6.62. The van der Waals surface area contributed by atoms with Gasteiger partial charge in [0.2, 0.25) is 0 Å². The van der Waals surface area contributed by atoms with Gasteiger partial charge in [-0.2, -0.15) is 0 Å². The lowest BCUT2D eigenvalue weighted by Crippen LogP contribution is -2.42. The van der Waals surface area contributed by atoms with E-state index in [1.54, 1.807) is 4.90 Å². The monoisotopic (exact) mass is 621 g/mol. The van der Waals surface area contributed by atoms with E-state index in [1.807, 2.05) is 52.3 Å². The van der Waals surface area contributed by atoms with Gasteiger partial charge in [-0.15, -0.1) is 0 Å². The van der Waals surface area contributed by atoms with Crippen LogP contribution in [0.3, 0.4) is 0 Å². The molecule has 0 unspecified atom stereocenters. The van der Waals surface area contributed by atoms with Crippen LogP contribution in [0.4, 0.5) is 15.3 Å². The number of esters is 1. The van der Waals surface area contributed by atoms with E-state index in [4.69, 9.17) is 9.47 Å². The molecule has 0 spiro atoms. The van der Waals surface area contributed by atoms with Gasteiger partial charge in [0.25, 0.3) is 0 Å². The Hall–Kier alpha value is -4.33. The third-order valence-corrected chi connectivity index (χ3v) is 10.4. The summed E-state index contributed by atoms with van der Waals surface area (Å²) in [6.07, 6.45) is 8.01. The Balaban J connectivity index is 0.863. The van der Waals surface area contributed by atoms with Crippen molar-refractivity contribution in [1.29, 1.82) is 0 Å². The largest absolute Gasteiger partial charge is 0.445 e. The molecule has 0 bridgehead atoms. The van der Waals surface area contributed by atoms with Crippen LogP contribution in [0.5, 0.6) is 5.75 Å². The van der Waals surface area contributed by atoms with Crippen molar-refractivity contribution in [2.45, 2.75) is 76.4 Å². The van der Waals surface area contributed by atoms with Crippen molar-refractivity contribution in [3.8, 4) is 5.75 Å². The first-order chi connectivity index (χ1) is 22.5. The summed E-state index contributed by atoms with van der Waals surface area (Å²) < 4.78 is 11.3. The SMILES string of the molecule is O=C(Oc1ccc2c(c1)CCC2)C1CCC(N2CCN(c3ccc(C4CCN(C(=O)OCc5ccccc5)CC4)cc3)C2=O)CC1. The van der Waals surface area contributed by atoms with Crippen molar-refractivity contribution in [2.24, 2.45) is 5.92 Å². The maximum absolute atomic E-state index is 13.5. The van der Waals surface area contributed by atoms with Crippen LogP contribution >= 0.6 is 0 Å². The van der Waals surface area contributed by atoms with E-state index in [-0.39, 0.29) is 30.1 Å². The smallest absolute Gasteiger partial charge is 0.410 e. The first-order valence-electron chi connectivity index (χ1n) is 17.0. The molecule has 0 aromatic heterocycles. The molecule has 8 nitrogen and oxygen atoms in total. The number of rotatable bonds is 7. The zero-order valence-corrected chi connectivity index (χ0v) is 26.4. The molecule has 4 aliphatic rings. The van der Waals surface area contributed by atoms with E-state index in [1.165, 1.54) is 23.1 Å². The number of aryl methyl sites for hydroxylation is 2. The summed E-state index contributed by atoms with van der Waals surface area (Å²) in [5.41, 5.74) is 5.83. The maximum atomic E-state index is 13.5. The second kappa shape index (κ2) is 13.6. The Bertz CT molecular complexity index is 1540. The van der Waals surface area contributed by atoms with E-state index in [2.05, 4.69) is 30.3 Å². The quantitative estimate of drug-likeness (QED) is 0.208. The van der Waals surface area contributed by atoms with Crippen LogP contribution in [0, 0.1) is 5.92 Å². The number of hydrogen-bond donors (Lipinski definition) is 0. The molecule has 2 aliphatic carbocycles. The van der Waals surface area contributed by atoms with Crippen molar-refractivity contribution in [3.63, 3.8) is 0 Å². The van der Waals surface area contributed by atoms with Crippen LogP contribution in [0.2, 0.25) is 0 Å². The van der Waals surface area contributed by atoms with E-state index in [0.717, 1.165) is 62.6 Å². The highest BCUT2D eigenvalue weighted by atomic mass is 16.6. The highest BCUT2D eigenvalue weighted by Gasteiger charge is 2.38. The molecule has 0 atom stereocenters. The zero-order chi connectivity index (χ0) is 31.5. The molecule has 0 N–H and O–H groups in total. The van der Waals surface area contributed by atoms with E-state index in [9.17, 15) is 14.4 Å². The Labute approximate surface area is 271 Å². The molecule has 2 heterocycles. The molecule has 3 amide bonds. The van der Waals surface area contributed by atoms with Gasteiger partial charge in [0.05, 0.1) is 5.92 Å². The van der Waals surface area contributed by atoms with Crippen LogP contribution in [-0.4, -0.2) is 60.1 Å². The maximum Gasteiger partial charge on any atom is 0.410 e. The number of carbonyl (C=O) groups excluding carboxylic acids is 3. The van der Waals surface area contributed by atoms with Gasteiger partial charge in [-0.25, -0.2) is 9.59 Å². The molecule has 46 heavy (non-hydrogen) atoms. The summed E-state index contributed by atoms with van der Waals surface area (Å²) in [6.45, 7) is 3.01. The first-order valence-corrected chi connectivity index (χ1v) is 17.0. The number of carbonyl (C=O) groups is 3. The van der Waals surface area contributed by atoms with E-state index >= 15 is 0 Å². The number of likely N-dealkylation sites (tertiary alicyclic amines) is 1. The van der Waals surface area contributed by atoms with Crippen LogP contribution in [0.1, 0.15) is 73.1 Å². The number of fused-ring (bicyclic) bond motifs is 1. The second-order valence-corrected chi connectivity index (χ2v) is 13.2. The summed E-state index contributed by atoms with van der Waals surface area (Å²) in [6, 6.07) is 24.4. The summed E-state index contributed by atoms with van der Waals surface area (Å²) in [5.74, 6) is 0.786. The third-order valence-electron chi connectivity index (χ3n) is 10.4. The van der Waals surface area contributed by atoms with Crippen molar-refractivity contribution in [2.75, 3.05) is 31.1 Å². The van der Waals surface area contributed by atoms with E-state index in [0.29, 0.717) is 44.5 Å². The molecule has 3 aromatic rings. The average molecular weight is 622 g/mol. The minimum atomic E-state index is -0.252. The highest BCUT2D eigenvalue weighted by molar-refractivity contribution is 5.94. The number of benzene rings is 3. The fourth-order valence-electron chi connectivity index (χ4n) is 7.70. The number of urea groups is 1. The molecule has 1 saturated carbocycles. The second-order valence-electron chi connectivity index (χ2n) is 13.2. The molecule has 0 radical (unpaired) electrons. The lowest BCUT2D eigenvalue weighted by molar-refractivity contribution is -0.140. The number of anilines is 1. The summed E-state index contributed by atoms with van der Waals surface area (Å²) >= 11 is 0. The topological polar surface area (TPSA) is 79.4 Å². The molecular weight excluding hydrogens is 578 g/mol. The molecule has 3 fully saturated rings.